The molecule has 18 heavy (non-hydrogen) atoms. The fourth-order valence-electron chi connectivity index (χ4n) is 1.05. The fraction of sp³-hybridized carbons (Fsp3) is 0.583. The lowest BCUT2D eigenvalue weighted by molar-refractivity contribution is -0.142. The zero-order valence-electron chi connectivity index (χ0n) is 10.8. The van der Waals surface area contributed by atoms with E-state index in [1.165, 1.54) is 6.08 Å². The van der Waals surface area contributed by atoms with E-state index >= 15 is 0 Å². The molecule has 102 valence electrons. The summed E-state index contributed by atoms with van der Waals surface area (Å²) in [6, 6.07) is -1.04. The van der Waals surface area contributed by atoms with E-state index in [0.29, 0.717) is 0 Å². The number of carbonyl (C=O) groups is 3. The van der Waals surface area contributed by atoms with Gasteiger partial charge in [-0.05, 0) is 13.3 Å². The largest absolute Gasteiger partial charge is 0.480 e. The van der Waals surface area contributed by atoms with Crippen LogP contribution in [-0.4, -0.2) is 35.6 Å². The highest BCUT2D eigenvalue weighted by molar-refractivity contribution is 5.85. The molecule has 0 rings (SSSR count). The third-order valence-electron chi connectivity index (χ3n) is 2.05. The number of nitrogens with one attached hydrogen (secondary N) is 1. The van der Waals surface area contributed by atoms with Crippen LogP contribution in [-0.2, 0) is 19.1 Å². The second kappa shape index (κ2) is 8.27. The molecule has 0 heterocycles. The van der Waals surface area contributed by atoms with Crippen LogP contribution in [0.1, 0.15) is 27.2 Å². The number of rotatable bonds is 7. The predicted octanol–water partition coefficient (Wildman–Crippen LogP) is 0.721. The van der Waals surface area contributed by atoms with Crippen molar-refractivity contribution >= 4 is 17.8 Å². The lowest BCUT2D eigenvalue weighted by Gasteiger charge is -2.14. The molecule has 0 unspecified atom stereocenters. The van der Waals surface area contributed by atoms with Gasteiger partial charge in [0.1, 0.15) is 6.04 Å². The summed E-state index contributed by atoms with van der Waals surface area (Å²) >= 11 is 0. The number of ether oxygens (including phenoxy) is 1. The summed E-state index contributed by atoms with van der Waals surface area (Å²) in [5.74, 6) is -2.30. The normalized spacial score (nSPS) is 12.4. The molecule has 0 aliphatic rings. The van der Waals surface area contributed by atoms with Gasteiger partial charge in [-0.2, -0.15) is 0 Å². The lowest BCUT2D eigenvalue weighted by Crippen LogP contribution is -2.42. The summed E-state index contributed by atoms with van der Waals surface area (Å²) in [7, 11) is 0. The molecule has 0 aromatic rings. The Morgan fingerprint density at radius 2 is 1.94 bits per heavy atom. The van der Waals surface area contributed by atoms with Crippen LogP contribution in [0.3, 0.4) is 0 Å². The van der Waals surface area contributed by atoms with Gasteiger partial charge in [-0.25, -0.2) is 9.59 Å². The smallest absolute Gasteiger partial charge is 0.330 e. The van der Waals surface area contributed by atoms with Crippen molar-refractivity contribution in [3.05, 3.63) is 12.2 Å². The number of carbonyl (C=O) groups excluding carboxylic acids is 2. The first-order chi connectivity index (χ1) is 8.38. The summed E-state index contributed by atoms with van der Waals surface area (Å²) in [6.07, 6.45) is 2.56. The van der Waals surface area contributed by atoms with Gasteiger partial charge in [0.2, 0.25) is 5.91 Å². The minimum atomic E-state index is -1.14. The van der Waals surface area contributed by atoms with E-state index < -0.39 is 18.0 Å². The van der Waals surface area contributed by atoms with Crippen LogP contribution in [0.5, 0.6) is 0 Å². The summed E-state index contributed by atoms with van der Waals surface area (Å²) < 4.78 is 4.64. The molecule has 0 bridgehead atoms. The van der Waals surface area contributed by atoms with Crippen molar-refractivity contribution in [1.29, 1.82) is 0 Å². The van der Waals surface area contributed by atoms with Gasteiger partial charge in [-0.1, -0.05) is 19.9 Å². The van der Waals surface area contributed by atoms with E-state index in [1.54, 1.807) is 20.8 Å². The van der Waals surface area contributed by atoms with Gasteiger partial charge in [0, 0.05) is 12.0 Å². The molecule has 0 saturated heterocycles. The van der Waals surface area contributed by atoms with Crippen LogP contribution < -0.4 is 5.32 Å². The second-order valence-corrected chi connectivity index (χ2v) is 3.94. The van der Waals surface area contributed by atoms with Crippen molar-refractivity contribution in [2.75, 3.05) is 6.61 Å². The molecule has 2 N–H and O–H groups in total. The van der Waals surface area contributed by atoms with E-state index in [4.69, 9.17) is 5.11 Å². The Kier molecular flexibility index (Phi) is 7.42. The molecular formula is C12H19NO5. The number of carboxylic acid groups (broad SMARTS) is 1. The molecular weight excluding hydrogens is 238 g/mol. The molecule has 1 amide bonds. The van der Waals surface area contributed by atoms with Crippen molar-refractivity contribution in [2.24, 2.45) is 5.92 Å². The summed E-state index contributed by atoms with van der Waals surface area (Å²) in [5.41, 5.74) is 0. The summed E-state index contributed by atoms with van der Waals surface area (Å²) in [4.78, 5) is 33.2. The molecule has 1 atom stereocenters. The van der Waals surface area contributed by atoms with E-state index in [2.05, 4.69) is 10.1 Å². The number of aliphatic carboxylic acids is 1. The third-order valence-corrected chi connectivity index (χ3v) is 2.05. The van der Waals surface area contributed by atoms with Gasteiger partial charge in [-0.3, -0.25) is 4.79 Å². The Hall–Kier alpha value is -1.85. The quantitative estimate of drug-likeness (QED) is 0.518. The zero-order chi connectivity index (χ0) is 14.1. The van der Waals surface area contributed by atoms with Crippen LogP contribution >= 0.6 is 0 Å². The molecule has 0 aliphatic carbocycles. The minimum Gasteiger partial charge on any atom is -0.480 e. The van der Waals surface area contributed by atoms with Crippen molar-refractivity contribution in [2.45, 2.75) is 33.2 Å². The molecule has 0 radical (unpaired) electrons. The Balaban J connectivity index is 4.34. The Morgan fingerprint density at radius 1 is 1.33 bits per heavy atom. The summed E-state index contributed by atoms with van der Waals surface area (Å²) in [6.45, 7) is 5.27. The summed E-state index contributed by atoms with van der Waals surface area (Å²) in [5, 5.41) is 11.3. The molecule has 0 spiro atoms. The highest BCUT2D eigenvalue weighted by Gasteiger charge is 2.19. The first-order valence-corrected chi connectivity index (χ1v) is 5.75. The predicted molar refractivity (Wildman–Crippen MR) is 64.8 cm³/mol. The van der Waals surface area contributed by atoms with Crippen LogP contribution in [0, 0.1) is 5.92 Å². The average Bonchev–Trinajstić information content (AvgIpc) is 2.27. The van der Waals surface area contributed by atoms with E-state index in [9.17, 15) is 14.4 Å². The maximum Gasteiger partial charge on any atom is 0.330 e. The van der Waals surface area contributed by atoms with Crippen LogP contribution in [0.15, 0.2) is 12.2 Å². The second-order valence-electron chi connectivity index (χ2n) is 3.94. The standard InChI is InChI=1S/C12H19NO5/c1-4-18-10(14)7-5-6-9(12(16)17)13-11(15)8(2)3/h5,7-9H,4,6H2,1-3H3,(H,13,15)(H,16,17)/b7-5+/t9-/m1/s1. The Labute approximate surface area is 106 Å². The number of amides is 1. The van der Waals surface area contributed by atoms with Crippen LogP contribution in [0.2, 0.25) is 0 Å². The first-order valence-electron chi connectivity index (χ1n) is 5.75. The highest BCUT2D eigenvalue weighted by atomic mass is 16.5. The highest BCUT2D eigenvalue weighted by Crippen LogP contribution is 1.99. The topological polar surface area (TPSA) is 92.7 Å². The fourth-order valence-corrected chi connectivity index (χ4v) is 1.05. The molecule has 0 aromatic carbocycles. The number of hydrogen-bond acceptors (Lipinski definition) is 4. The van der Waals surface area contributed by atoms with Crippen LogP contribution in [0.25, 0.3) is 0 Å². The Bertz CT molecular complexity index is 335. The minimum absolute atomic E-state index is 0.0343. The average molecular weight is 257 g/mol. The SMILES string of the molecule is CCOC(=O)/C=C/C[C@@H](NC(=O)C(C)C)C(=O)O. The molecule has 6 nitrogen and oxygen atoms in total. The van der Waals surface area contributed by atoms with Crippen molar-refractivity contribution in [3.63, 3.8) is 0 Å². The zero-order valence-corrected chi connectivity index (χ0v) is 10.8. The van der Waals surface area contributed by atoms with Crippen LogP contribution in [0.4, 0.5) is 0 Å². The van der Waals surface area contributed by atoms with Crippen molar-refractivity contribution in [1.82, 2.24) is 5.32 Å². The maximum absolute atomic E-state index is 11.4. The number of esters is 1. The number of carboxylic acids is 1. The third kappa shape index (κ3) is 6.67. The monoisotopic (exact) mass is 257 g/mol. The van der Waals surface area contributed by atoms with Crippen molar-refractivity contribution in [3.8, 4) is 0 Å². The molecule has 0 aliphatic heterocycles. The first kappa shape index (κ1) is 16.1. The van der Waals surface area contributed by atoms with Gasteiger partial charge >= 0.3 is 11.9 Å². The van der Waals surface area contributed by atoms with Gasteiger partial charge in [0.05, 0.1) is 6.61 Å². The van der Waals surface area contributed by atoms with Gasteiger partial charge in [0.25, 0.3) is 0 Å². The maximum atomic E-state index is 11.4. The van der Waals surface area contributed by atoms with E-state index in [1.807, 2.05) is 0 Å². The molecule has 6 heteroatoms. The lowest BCUT2D eigenvalue weighted by atomic mass is 10.1. The van der Waals surface area contributed by atoms with Gasteiger partial charge < -0.3 is 15.2 Å². The van der Waals surface area contributed by atoms with Crippen molar-refractivity contribution < 1.29 is 24.2 Å². The van der Waals surface area contributed by atoms with E-state index in [0.717, 1.165) is 6.08 Å². The molecule has 0 aromatic heterocycles. The molecule has 0 fully saturated rings. The number of hydrogen-bond donors (Lipinski definition) is 2. The van der Waals surface area contributed by atoms with E-state index in [-0.39, 0.29) is 24.9 Å². The molecule has 0 saturated carbocycles. The van der Waals surface area contributed by atoms with Gasteiger partial charge in [0.15, 0.2) is 0 Å². The van der Waals surface area contributed by atoms with Gasteiger partial charge in [-0.15, -0.1) is 0 Å². The Morgan fingerprint density at radius 3 is 2.39 bits per heavy atom.